The van der Waals surface area contributed by atoms with Crippen molar-refractivity contribution in [3.8, 4) is 0 Å². The zero-order valence-corrected chi connectivity index (χ0v) is 55.5. The smallest absolute Gasteiger partial charge is 0.512 e. The van der Waals surface area contributed by atoms with Gasteiger partial charge in [0.25, 0.3) is 0 Å². The fourth-order valence-corrected chi connectivity index (χ4v) is 16.7. The first-order chi connectivity index (χ1) is 39.2. The van der Waals surface area contributed by atoms with Gasteiger partial charge in [0, 0.05) is 50.9 Å². The monoisotopic (exact) mass is 1420 g/mol. The van der Waals surface area contributed by atoms with Crippen molar-refractivity contribution >= 4 is 227 Å². The number of rotatable bonds is 1. The maximum Gasteiger partial charge on any atom is 1.00 e. The average Bonchev–Trinajstić information content (AvgIpc) is 3.80. The van der Waals surface area contributed by atoms with Crippen molar-refractivity contribution in [1.82, 2.24) is 24.9 Å². The van der Waals surface area contributed by atoms with Gasteiger partial charge in [-0.25, -0.2) is 29.8 Å². The van der Waals surface area contributed by atoms with E-state index >= 15 is 0 Å². The van der Waals surface area contributed by atoms with Crippen LogP contribution in [0.25, 0.3) is 110 Å². The van der Waals surface area contributed by atoms with Crippen LogP contribution in [0.15, 0.2) is 153 Å². The molecule has 0 aliphatic rings. The van der Waals surface area contributed by atoms with Crippen molar-refractivity contribution < 1.29 is 17.1 Å². The van der Waals surface area contributed by atoms with Crippen LogP contribution in [-0.4, -0.2) is 24.9 Å². The summed E-state index contributed by atoms with van der Waals surface area (Å²) < 4.78 is 9.51. The van der Waals surface area contributed by atoms with Gasteiger partial charge in [0.05, 0.1) is 78.0 Å². The van der Waals surface area contributed by atoms with Crippen molar-refractivity contribution in [2.75, 3.05) is 0 Å². The summed E-state index contributed by atoms with van der Waals surface area (Å²) in [5.41, 5.74) is 9.84. The third-order valence-electron chi connectivity index (χ3n) is 13.4. The molecule has 10 aromatic carbocycles. The van der Waals surface area contributed by atoms with Gasteiger partial charge in [-0.15, -0.1) is 68.3 Å². The van der Waals surface area contributed by atoms with Crippen LogP contribution in [0.5, 0.6) is 0 Å². The maximum absolute atomic E-state index is 7.29. The van der Waals surface area contributed by atoms with Crippen LogP contribution in [-0.2, 0) is 22.9 Å². The van der Waals surface area contributed by atoms with Gasteiger partial charge in [0.2, 0.25) is 0 Å². The van der Waals surface area contributed by atoms with Gasteiger partial charge in [0.15, 0.2) is 5.69 Å². The summed E-state index contributed by atoms with van der Waals surface area (Å²) in [5.74, 6) is 0.513. The molecule has 82 heavy (non-hydrogen) atoms. The number of nitrogens with zero attached hydrogens (tertiary/aromatic N) is 7. The number of aryl methyl sites for hydroxylation is 7. The Labute approximate surface area is 535 Å². The number of thiazole rings is 5. The molecule has 0 amide bonds. The summed E-state index contributed by atoms with van der Waals surface area (Å²) in [6.07, 6.45) is 0. The topological polar surface area (TPSA) is 92.6 Å². The zero-order valence-electron chi connectivity index (χ0n) is 45.0. The fraction of sp³-hybridized carbons (Fsp3) is 0.123. The molecular weight excluding hydrogens is 1380 g/mol. The standard InChI is InChI=1S/C14H10N2S.C13H9BrClNS.C13H10BrNS.C12H8BrNS.C12H9NS.CN.Cu/c1-8-5-4-6-10-11(15-3)7-12-14(13(8)10)16-9(2)17-12;1-7-16-13-11(17-7)5-10(14)9-4-2-3-8(6-15)12(9)13;1-7-4-3-5-9-10(14)6-11-13(12(7)9)15-8(2)16-11;1-7-14-12-9-5-3-2-4-8(9)10(13)6-11(12)15-7;1-8-13-12-10-5-3-2-4-9(10)6-7-11(12)14-8;1-2;/h4-7H,1-2H3;2-5H,6H2,1H3;3-6H,1-2H3;2-6H,1H3;2-7H,1H3;;/q;;;;;-1;+1. The normalized spacial score (nSPS) is 10.9. The molecule has 0 aliphatic carbocycles. The molecule has 17 heteroatoms. The van der Waals surface area contributed by atoms with Gasteiger partial charge < -0.3 is 11.8 Å². The Morgan fingerprint density at radius 2 is 0.793 bits per heavy atom. The molecule has 7 nitrogen and oxygen atoms in total. The van der Waals surface area contributed by atoms with E-state index in [1.54, 1.807) is 56.7 Å². The summed E-state index contributed by atoms with van der Waals surface area (Å²) in [4.78, 5) is 26.6. The number of fused-ring (bicyclic) bond motifs is 15. The summed E-state index contributed by atoms with van der Waals surface area (Å²) in [6.45, 7) is 26.5. The third-order valence-corrected chi connectivity index (χ3v) is 20.2. The second kappa shape index (κ2) is 26.4. The van der Waals surface area contributed by atoms with Gasteiger partial charge in [0.1, 0.15) is 0 Å². The third kappa shape index (κ3) is 12.4. The van der Waals surface area contributed by atoms with E-state index in [0.717, 1.165) is 92.8 Å². The SMILES string of the molecule is Cc1nc2c(cc(Br)c3cccc(C)c32)s1.Cc1nc2c(cc(Br)c3cccc(CCl)c32)s1.Cc1nc2c(cc(Br)c3ccccc32)s1.Cc1nc2c(ccc3ccccc32)s1.[C-]#N.[C-]#[N+]c1cc2sc(C)nc2c2c(C)cccc12.[Cu+]. The van der Waals surface area contributed by atoms with Crippen LogP contribution in [0.4, 0.5) is 5.69 Å². The Kier molecular flexibility index (Phi) is 19.6. The van der Waals surface area contributed by atoms with Gasteiger partial charge in [-0.05, 0) is 122 Å². The van der Waals surface area contributed by atoms with Crippen LogP contribution < -0.4 is 0 Å². The fourth-order valence-electron chi connectivity index (χ4n) is 10.0. The van der Waals surface area contributed by atoms with Crippen molar-refractivity contribution in [3.63, 3.8) is 0 Å². The molecule has 0 saturated heterocycles. The largest absolute Gasteiger partial charge is 1.00 e. The van der Waals surface area contributed by atoms with Crippen molar-refractivity contribution in [1.29, 1.82) is 5.26 Å². The summed E-state index contributed by atoms with van der Waals surface area (Å²) in [5, 5.41) is 23.8. The van der Waals surface area contributed by atoms with E-state index in [4.69, 9.17) is 30.0 Å². The van der Waals surface area contributed by atoms with E-state index in [0.29, 0.717) is 5.88 Å². The molecule has 5 heterocycles. The minimum atomic E-state index is 0. The minimum absolute atomic E-state index is 0. The van der Waals surface area contributed by atoms with Crippen LogP contribution in [0.1, 0.15) is 41.7 Å². The van der Waals surface area contributed by atoms with Gasteiger partial charge in [-0.1, -0.05) is 157 Å². The predicted octanol–water partition coefficient (Wildman–Crippen LogP) is 23.1. The minimum Gasteiger partial charge on any atom is -0.512 e. The summed E-state index contributed by atoms with van der Waals surface area (Å²) in [6, 6.07) is 48.1. The molecule has 0 unspecified atom stereocenters. The summed E-state index contributed by atoms with van der Waals surface area (Å²) >= 11 is 25.5. The first-order valence-corrected chi connectivity index (χ1v) is 32.2. The maximum atomic E-state index is 7.29. The van der Waals surface area contributed by atoms with Crippen molar-refractivity contribution in [2.45, 2.75) is 54.3 Å². The number of hydrogen-bond donors (Lipinski definition) is 0. The van der Waals surface area contributed by atoms with Crippen LogP contribution in [0.3, 0.4) is 0 Å². The number of aromatic nitrogens is 5. The summed E-state index contributed by atoms with van der Waals surface area (Å²) in [7, 11) is 0. The predicted molar refractivity (Wildman–Crippen MR) is 363 cm³/mol. The van der Waals surface area contributed by atoms with Crippen LogP contribution in [0, 0.1) is 66.9 Å². The number of hydrogen-bond acceptors (Lipinski definition) is 11. The van der Waals surface area contributed by atoms with E-state index in [-0.39, 0.29) is 17.1 Å². The molecule has 0 spiro atoms. The van der Waals surface area contributed by atoms with Crippen molar-refractivity contribution in [3.05, 3.63) is 213 Å². The first kappa shape index (κ1) is 60.8. The van der Waals surface area contributed by atoms with E-state index in [9.17, 15) is 0 Å². The molecule has 0 fully saturated rings. The Bertz CT molecular complexity index is 4950. The average molecular weight is 1420 g/mol. The number of alkyl halides is 1. The molecule has 5 aromatic heterocycles. The molecule has 0 radical (unpaired) electrons. The second-order valence-electron chi connectivity index (χ2n) is 18.8. The van der Waals surface area contributed by atoms with Gasteiger partial charge in [-0.3, -0.25) is 0 Å². The quantitative estimate of drug-likeness (QED) is 0.0924. The molecule has 0 atom stereocenters. The van der Waals surface area contributed by atoms with Crippen LogP contribution >= 0.6 is 116 Å². The number of benzene rings is 10. The van der Waals surface area contributed by atoms with E-state index in [2.05, 4.69) is 221 Å². The molecule has 0 saturated carbocycles. The Morgan fingerprint density at radius 1 is 0.415 bits per heavy atom. The van der Waals surface area contributed by atoms with Crippen LogP contribution in [0.2, 0.25) is 0 Å². The Morgan fingerprint density at radius 3 is 1.33 bits per heavy atom. The molecule has 0 N–H and O–H groups in total. The zero-order chi connectivity index (χ0) is 57.2. The second-order valence-corrected chi connectivity index (χ2v) is 27.8. The Balaban J connectivity index is 0.000000122. The van der Waals surface area contributed by atoms with Gasteiger partial charge >= 0.3 is 17.1 Å². The molecule has 410 valence electrons. The molecular formula is C65H46Br3ClCuN7S5. The van der Waals surface area contributed by atoms with E-state index in [1.807, 2.05) is 45.0 Å². The first-order valence-electron chi connectivity index (χ1n) is 25.2. The molecule has 15 aromatic rings. The number of halogens is 4. The van der Waals surface area contributed by atoms with E-state index < -0.39 is 0 Å². The molecule has 0 aliphatic heterocycles. The van der Waals surface area contributed by atoms with Gasteiger partial charge in [-0.2, -0.15) is 0 Å². The molecule has 15 rings (SSSR count). The van der Waals surface area contributed by atoms with Crippen molar-refractivity contribution in [2.24, 2.45) is 0 Å². The van der Waals surface area contributed by atoms with E-state index in [1.165, 1.54) is 73.0 Å². The Hall–Kier alpha value is -5.82. The molecule has 0 bridgehead atoms.